The summed E-state index contributed by atoms with van der Waals surface area (Å²) in [5.74, 6) is -2.28. The van der Waals surface area contributed by atoms with Crippen molar-refractivity contribution < 1.29 is 18.7 Å². The van der Waals surface area contributed by atoms with Crippen molar-refractivity contribution in [3.8, 4) is 0 Å². The fourth-order valence-corrected chi connectivity index (χ4v) is 1.81. The standard InChI is InChI=1S/C14H10ClF2NO2/c15-10-3-1-9(12(17)6-10)7-18-13-5-8(14(19)20)2-4-11(13)16/h1-6,18H,7H2,(H,19,20). The number of aromatic carboxylic acids is 1. The molecule has 0 aromatic heterocycles. The van der Waals surface area contributed by atoms with Crippen molar-refractivity contribution in [1.82, 2.24) is 0 Å². The van der Waals surface area contributed by atoms with E-state index in [0.717, 1.165) is 24.3 Å². The highest BCUT2D eigenvalue weighted by Gasteiger charge is 2.09. The van der Waals surface area contributed by atoms with E-state index in [1.165, 1.54) is 12.1 Å². The molecule has 0 saturated carbocycles. The quantitative estimate of drug-likeness (QED) is 0.899. The lowest BCUT2D eigenvalue weighted by Crippen LogP contribution is -2.05. The van der Waals surface area contributed by atoms with Crippen molar-refractivity contribution in [1.29, 1.82) is 0 Å². The van der Waals surface area contributed by atoms with Crippen LogP contribution in [0.2, 0.25) is 5.02 Å². The predicted molar refractivity (Wildman–Crippen MR) is 72.1 cm³/mol. The zero-order chi connectivity index (χ0) is 14.7. The molecule has 0 unspecified atom stereocenters. The van der Waals surface area contributed by atoms with Gasteiger partial charge in [0.1, 0.15) is 11.6 Å². The molecule has 0 amide bonds. The Kier molecular flexibility index (Phi) is 4.20. The predicted octanol–water partition coefficient (Wildman–Crippen LogP) is 3.93. The number of anilines is 1. The van der Waals surface area contributed by atoms with E-state index < -0.39 is 17.6 Å². The van der Waals surface area contributed by atoms with Crippen molar-refractivity contribution in [2.45, 2.75) is 6.54 Å². The van der Waals surface area contributed by atoms with Gasteiger partial charge in [-0.05, 0) is 30.3 Å². The van der Waals surface area contributed by atoms with Crippen LogP contribution in [0.3, 0.4) is 0 Å². The number of benzene rings is 2. The summed E-state index contributed by atoms with van der Waals surface area (Å²) in [7, 11) is 0. The van der Waals surface area contributed by atoms with E-state index in [-0.39, 0.29) is 22.8 Å². The zero-order valence-corrected chi connectivity index (χ0v) is 10.9. The number of nitrogens with one attached hydrogen (secondary N) is 1. The molecule has 2 aromatic rings. The molecule has 0 fully saturated rings. The van der Waals surface area contributed by atoms with Crippen LogP contribution >= 0.6 is 11.6 Å². The number of carboxylic acids is 1. The Morgan fingerprint density at radius 2 is 1.90 bits per heavy atom. The van der Waals surface area contributed by atoms with Gasteiger partial charge in [0.2, 0.25) is 0 Å². The van der Waals surface area contributed by atoms with Gasteiger partial charge in [-0.25, -0.2) is 13.6 Å². The zero-order valence-electron chi connectivity index (χ0n) is 10.2. The fourth-order valence-electron chi connectivity index (χ4n) is 1.65. The lowest BCUT2D eigenvalue weighted by molar-refractivity contribution is 0.0697. The summed E-state index contributed by atoms with van der Waals surface area (Å²) < 4.78 is 27.1. The Labute approximate surface area is 118 Å². The second kappa shape index (κ2) is 5.88. The van der Waals surface area contributed by atoms with E-state index in [9.17, 15) is 13.6 Å². The van der Waals surface area contributed by atoms with Gasteiger partial charge in [-0.3, -0.25) is 0 Å². The second-order valence-corrected chi connectivity index (χ2v) is 4.53. The molecule has 6 heteroatoms. The Morgan fingerprint density at radius 3 is 2.55 bits per heavy atom. The van der Waals surface area contributed by atoms with Gasteiger partial charge >= 0.3 is 5.97 Å². The number of hydrogen-bond donors (Lipinski definition) is 2. The van der Waals surface area contributed by atoms with E-state index in [1.54, 1.807) is 0 Å². The van der Waals surface area contributed by atoms with Crippen LogP contribution in [0.25, 0.3) is 0 Å². The van der Waals surface area contributed by atoms with Crippen molar-refractivity contribution >= 4 is 23.3 Å². The van der Waals surface area contributed by atoms with E-state index >= 15 is 0 Å². The Bertz CT molecular complexity index is 662. The molecule has 0 aliphatic carbocycles. The molecule has 0 radical (unpaired) electrons. The van der Waals surface area contributed by atoms with Crippen molar-refractivity contribution in [3.05, 3.63) is 64.2 Å². The number of rotatable bonds is 4. The van der Waals surface area contributed by atoms with Crippen molar-refractivity contribution in [2.75, 3.05) is 5.32 Å². The third kappa shape index (κ3) is 3.24. The third-order valence-electron chi connectivity index (χ3n) is 2.70. The summed E-state index contributed by atoms with van der Waals surface area (Å²) in [6.07, 6.45) is 0. The van der Waals surface area contributed by atoms with Gasteiger partial charge < -0.3 is 10.4 Å². The first-order valence-corrected chi connectivity index (χ1v) is 6.06. The number of hydrogen-bond acceptors (Lipinski definition) is 2. The van der Waals surface area contributed by atoms with Gasteiger partial charge in [0, 0.05) is 17.1 Å². The van der Waals surface area contributed by atoms with Crippen LogP contribution < -0.4 is 5.32 Å². The van der Waals surface area contributed by atoms with Crippen LogP contribution in [0.15, 0.2) is 36.4 Å². The van der Waals surface area contributed by atoms with E-state index in [0.29, 0.717) is 5.56 Å². The Morgan fingerprint density at radius 1 is 1.15 bits per heavy atom. The average Bonchev–Trinajstić information content (AvgIpc) is 2.39. The van der Waals surface area contributed by atoms with E-state index in [1.807, 2.05) is 0 Å². The van der Waals surface area contributed by atoms with Gasteiger partial charge in [0.15, 0.2) is 0 Å². The molecule has 3 nitrogen and oxygen atoms in total. The normalized spacial score (nSPS) is 10.3. The molecule has 0 aliphatic heterocycles. The highest BCUT2D eigenvalue weighted by Crippen LogP contribution is 2.19. The molecule has 20 heavy (non-hydrogen) atoms. The van der Waals surface area contributed by atoms with E-state index in [2.05, 4.69) is 5.32 Å². The molecule has 2 aromatic carbocycles. The van der Waals surface area contributed by atoms with Gasteiger partial charge in [-0.15, -0.1) is 0 Å². The molecule has 0 atom stereocenters. The van der Waals surface area contributed by atoms with Gasteiger partial charge in [-0.1, -0.05) is 17.7 Å². The molecule has 0 aliphatic rings. The first kappa shape index (κ1) is 14.3. The lowest BCUT2D eigenvalue weighted by Gasteiger charge is -2.09. The molecule has 2 rings (SSSR count). The highest BCUT2D eigenvalue weighted by atomic mass is 35.5. The smallest absolute Gasteiger partial charge is 0.335 e. The maximum absolute atomic E-state index is 13.5. The van der Waals surface area contributed by atoms with Crippen molar-refractivity contribution in [3.63, 3.8) is 0 Å². The van der Waals surface area contributed by atoms with Gasteiger partial charge in [0.05, 0.1) is 11.3 Å². The highest BCUT2D eigenvalue weighted by molar-refractivity contribution is 6.30. The minimum absolute atomic E-state index is 0.000694. The van der Waals surface area contributed by atoms with Gasteiger partial charge in [-0.2, -0.15) is 0 Å². The third-order valence-corrected chi connectivity index (χ3v) is 2.93. The second-order valence-electron chi connectivity index (χ2n) is 4.09. The van der Waals surface area contributed by atoms with Crippen LogP contribution in [-0.4, -0.2) is 11.1 Å². The van der Waals surface area contributed by atoms with Gasteiger partial charge in [0.25, 0.3) is 0 Å². The molecular weight excluding hydrogens is 288 g/mol. The lowest BCUT2D eigenvalue weighted by atomic mass is 10.1. The van der Waals surface area contributed by atoms with E-state index in [4.69, 9.17) is 16.7 Å². The SMILES string of the molecule is O=C(O)c1ccc(F)c(NCc2ccc(Cl)cc2F)c1. The number of halogens is 3. The molecule has 0 bridgehead atoms. The summed E-state index contributed by atoms with van der Waals surface area (Å²) >= 11 is 5.63. The topological polar surface area (TPSA) is 49.3 Å². The molecule has 0 spiro atoms. The molecule has 2 N–H and O–H groups in total. The first-order chi connectivity index (χ1) is 9.47. The maximum atomic E-state index is 13.5. The summed E-state index contributed by atoms with van der Waals surface area (Å²) in [4.78, 5) is 10.8. The van der Waals surface area contributed by atoms with Crippen LogP contribution in [-0.2, 0) is 6.54 Å². The summed E-state index contributed by atoms with van der Waals surface area (Å²) in [6, 6.07) is 7.51. The number of carbonyl (C=O) groups is 1. The molecular formula is C14H10ClF2NO2. The maximum Gasteiger partial charge on any atom is 0.335 e. The minimum atomic E-state index is -1.16. The summed E-state index contributed by atoms with van der Waals surface area (Å²) in [5.41, 5.74) is 0.249. The summed E-state index contributed by atoms with van der Waals surface area (Å²) in [6.45, 7) is 0.0169. The molecule has 0 saturated heterocycles. The monoisotopic (exact) mass is 297 g/mol. The van der Waals surface area contributed by atoms with Crippen LogP contribution in [0.1, 0.15) is 15.9 Å². The molecule has 104 valence electrons. The first-order valence-electron chi connectivity index (χ1n) is 5.68. The van der Waals surface area contributed by atoms with Crippen LogP contribution in [0, 0.1) is 11.6 Å². The average molecular weight is 298 g/mol. The fraction of sp³-hybridized carbons (Fsp3) is 0.0714. The molecule has 0 heterocycles. The number of carboxylic acid groups (broad SMARTS) is 1. The summed E-state index contributed by atoms with van der Waals surface area (Å²) in [5, 5.41) is 11.8. The minimum Gasteiger partial charge on any atom is -0.478 e. The Hall–Kier alpha value is -2.14. The van der Waals surface area contributed by atoms with Crippen LogP contribution in [0.5, 0.6) is 0 Å². The van der Waals surface area contributed by atoms with Crippen molar-refractivity contribution in [2.24, 2.45) is 0 Å². The van der Waals surface area contributed by atoms with Crippen LogP contribution in [0.4, 0.5) is 14.5 Å². The Balaban J connectivity index is 2.18. The largest absolute Gasteiger partial charge is 0.478 e.